The van der Waals surface area contributed by atoms with Gasteiger partial charge in [-0.25, -0.2) is 0 Å². The molecule has 1 fully saturated rings. The van der Waals surface area contributed by atoms with Crippen molar-refractivity contribution in [1.29, 1.82) is 0 Å². The van der Waals surface area contributed by atoms with Gasteiger partial charge in [0.25, 0.3) is 0 Å². The average Bonchev–Trinajstić information content (AvgIpc) is 2.69. The number of nitrogens with zero attached hydrogens (tertiary/aromatic N) is 2. The van der Waals surface area contributed by atoms with Crippen LogP contribution in [-0.2, 0) is 11.3 Å². The van der Waals surface area contributed by atoms with E-state index in [2.05, 4.69) is 15.5 Å². The van der Waals surface area contributed by atoms with E-state index in [4.69, 9.17) is 12.2 Å². The lowest BCUT2D eigenvalue weighted by Gasteiger charge is -2.19. The molecular formula is C14H24N4OS. The summed E-state index contributed by atoms with van der Waals surface area (Å²) >= 11 is 5.14. The van der Waals surface area contributed by atoms with Gasteiger partial charge in [0.05, 0.1) is 0 Å². The standard InChI is InChI=1S/C14H24N4OS/c1-11-16-17-14(20)18(11)10-9-15-13(19)12-7-5-3-2-4-6-8-12/h12H,2-10H2,1H3,(H,15,19)(H,17,20). The molecule has 2 rings (SSSR count). The number of hydrogen-bond donors (Lipinski definition) is 2. The average molecular weight is 296 g/mol. The second-order valence-electron chi connectivity index (χ2n) is 5.56. The third-order valence-electron chi connectivity index (χ3n) is 4.06. The Labute approximate surface area is 125 Å². The zero-order valence-corrected chi connectivity index (χ0v) is 13.0. The molecule has 1 heterocycles. The van der Waals surface area contributed by atoms with Crippen molar-refractivity contribution in [1.82, 2.24) is 20.1 Å². The summed E-state index contributed by atoms with van der Waals surface area (Å²) in [5, 5.41) is 9.86. The number of rotatable bonds is 4. The maximum absolute atomic E-state index is 12.2. The van der Waals surface area contributed by atoms with Gasteiger partial charge in [0, 0.05) is 19.0 Å². The second kappa shape index (κ2) is 7.57. The quantitative estimate of drug-likeness (QED) is 0.840. The van der Waals surface area contributed by atoms with Crippen molar-refractivity contribution in [2.75, 3.05) is 6.54 Å². The Morgan fingerprint density at radius 1 is 1.35 bits per heavy atom. The van der Waals surface area contributed by atoms with Crippen LogP contribution >= 0.6 is 12.2 Å². The number of amides is 1. The molecule has 5 nitrogen and oxygen atoms in total. The molecule has 20 heavy (non-hydrogen) atoms. The topological polar surface area (TPSA) is 62.7 Å². The summed E-state index contributed by atoms with van der Waals surface area (Å²) < 4.78 is 2.52. The van der Waals surface area contributed by atoms with E-state index >= 15 is 0 Å². The van der Waals surface area contributed by atoms with Crippen molar-refractivity contribution in [2.45, 2.75) is 58.4 Å². The largest absolute Gasteiger partial charge is 0.354 e. The second-order valence-corrected chi connectivity index (χ2v) is 5.95. The summed E-state index contributed by atoms with van der Waals surface area (Å²) in [7, 11) is 0. The van der Waals surface area contributed by atoms with Gasteiger partial charge in [0.2, 0.25) is 5.91 Å². The van der Waals surface area contributed by atoms with E-state index in [-0.39, 0.29) is 11.8 Å². The van der Waals surface area contributed by atoms with Crippen LogP contribution in [0.5, 0.6) is 0 Å². The highest BCUT2D eigenvalue weighted by Crippen LogP contribution is 2.22. The molecule has 1 aliphatic carbocycles. The summed E-state index contributed by atoms with van der Waals surface area (Å²) in [4.78, 5) is 12.2. The van der Waals surface area contributed by atoms with E-state index in [0.717, 1.165) is 18.7 Å². The van der Waals surface area contributed by atoms with Gasteiger partial charge in [-0.1, -0.05) is 32.1 Å². The number of aromatic amines is 1. The maximum Gasteiger partial charge on any atom is 0.223 e. The third kappa shape index (κ3) is 4.16. The van der Waals surface area contributed by atoms with Crippen LogP contribution < -0.4 is 5.32 Å². The molecule has 0 aliphatic heterocycles. The van der Waals surface area contributed by atoms with E-state index < -0.39 is 0 Å². The molecule has 1 aromatic heterocycles. The zero-order valence-electron chi connectivity index (χ0n) is 12.2. The Balaban J connectivity index is 1.78. The van der Waals surface area contributed by atoms with E-state index in [1.54, 1.807) is 0 Å². The summed E-state index contributed by atoms with van der Waals surface area (Å²) in [6.07, 6.45) is 8.31. The van der Waals surface area contributed by atoms with Gasteiger partial charge in [-0.2, -0.15) is 5.10 Å². The number of nitrogens with one attached hydrogen (secondary N) is 2. The van der Waals surface area contributed by atoms with E-state index in [0.29, 0.717) is 17.9 Å². The van der Waals surface area contributed by atoms with E-state index in [1.165, 1.54) is 32.1 Å². The Bertz CT molecular complexity index is 486. The first-order valence-electron chi connectivity index (χ1n) is 7.58. The summed E-state index contributed by atoms with van der Waals surface area (Å²) in [5.41, 5.74) is 0. The van der Waals surface area contributed by atoms with Crippen molar-refractivity contribution >= 4 is 18.1 Å². The van der Waals surface area contributed by atoms with Crippen LogP contribution in [0.4, 0.5) is 0 Å². The Morgan fingerprint density at radius 3 is 2.60 bits per heavy atom. The molecule has 2 N–H and O–H groups in total. The fourth-order valence-electron chi connectivity index (χ4n) is 2.81. The lowest BCUT2D eigenvalue weighted by molar-refractivity contribution is -0.125. The highest BCUT2D eigenvalue weighted by Gasteiger charge is 2.18. The summed E-state index contributed by atoms with van der Waals surface area (Å²) in [6.45, 7) is 3.20. The number of carbonyl (C=O) groups excluding carboxylic acids is 1. The molecule has 1 aliphatic rings. The van der Waals surface area contributed by atoms with Crippen LogP contribution in [0, 0.1) is 17.6 Å². The molecule has 0 aromatic carbocycles. The summed E-state index contributed by atoms with van der Waals surface area (Å²) in [5.74, 6) is 1.27. The molecule has 112 valence electrons. The summed E-state index contributed by atoms with van der Waals surface area (Å²) in [6, 6.07) is 0. The first-order chi connectivity index (χ1) is 9.68. The van der Waals surface area contributed by atoms with Gasteiger partial charge in [-0.05, 0) is 32.0 Å². The van der Waals surface area contributed by atoms with E-state index in [9.17, 15) is 4.79 Å². The van der Waals surface area contributed by atoms with Crippen LogP contribution in [0.25, 0.3) is 0 Å². The minimum atomic E-state index is 0.203. The Morgan fingerprint density at radius 2 is 2.00 bits per heavy atom. The van der Waals surface area contributed by atoms with E-state index in [1.807, 2.05) is 11.5 Å². The minimum Gasteiger partial charge on any atom is -0.354 e. The molecular weight excluding hydrogens is 272 g/mol. The van der Waals surface area contributed by atoms with Gasteiger partial charge < -0.3 is 9.88 Å². The third-order valence-corrected chi connectivity index (χ3v) is 4.37. The highest BCUT2D eigenvalue weighted by molar-refractivity contribution is 7.71. The molecule has 0 atom stereocenters. The molecule has 0 spiro atoms. The van der Waals surface area contributed by atoms with Gasteiger partial charge in [0.1, 0.15) is 5.82 Å². The number of carbonyl (C=O) groups is 1. The van der Waals surface area contributed by atoms with Crippen molar-refractivity contribution in [3.05, 3.63) is 10.6 Å². The molecule has 6 heteroatoms. The lowest BCUT2D eigenvalue weighted by Crippen LogP contribution is -2.33. The Kier molecular flexibility index (Phi) is 5.76. The van der Waals surface area contributed by atoms with Crippen LogP contribution in [0.1, 0.15) is 50.8 Å². The molecule has 0 bridgehead atoms. The first kappa shape index (κ1) is 15.2. The number of hydrogen-bond acceptors (Lipinski definition) is 3. The van der Waals surface area contributed by atoms with Gasteiger partial charge in [-0.15, -0.1) is 0 Å². The van der Waals surface area contributed by atoms with Crippen molar-refractivity contribution in [3.8, 4) is 0 Å². The maximum atomic E-state index is 12.2. The minimum absolute atomic E-state index is 0.203. The first-order valence-corrected chi connectivity index (χ1v) is 7.99. The SMILES string of the molecule is Cc1n[nH]c(=S)n1CCNC(=O)C1CCCCCCC1. The Hall–Kier alpha value is -1.17. The van der Waals surface area contributed by atoms with Crippen LogP contribution in [0.15, 0.2) is 0 Å². The molecule has 0 saturated heterocycles. The fourth-order valence-corrected chi connectivity index (χ4v) is 3.08. The van der Waals surface area contributed by atoms with Crippen molar-refractivity contribution < 1.29 is 4.79 Å². The van der Waals surface area contributed by atoms with Gasteiger partial charge in [-0.3, -0.25) is 9.89 Å². The monoisotopic (exact) mass is 296 g/mol. The zero-order chi connectivity index (χ0) is 14.4. The normalized spacial score (nSPS) is 17.4. The molecule has 1 saturated carbocycles. The number of H-pyrrole nitrogens is 1. The van der Waals surface area contributed by atoms with Crippen molar-refractivity contribution in [3.63, 3.8) is 0 Å². The smallest absolute Gasteiger partial charge is 0.223 e. The molecule has 1 amide bonds. The molecule has 0 radical (unpaired) electrons. The van der Waals surface area contributed by atoms with Gasteiger partial charge in [0.15, 0.2) is 4.77 Å². The lowest BCUT2D eigenvalue weighted by atomic mass is 9.90. The predicted molar refractivity (Wildman–Crippen MR) is 81.0 cm³/mol. The molecule has 0 unspecified atom stereocenters. The van der Waals surface area contributed by atoms with Gasteiger partial charge >= 0.3 is 0 Å². The van der Waals surface area contributed by atoms with Crippen molar-refractivity contribution in [2.24, 2.45) is 5.92 Å². The molecule has 1 aromatic rings. The number of aromatic nitrogens is 3. The van der Waals surface area contributed by atoms with Crippen LogP contribution in [0.3, 0.4) is 0 Å². The fraction of sp³-hybridized carbons (Fsp3) is 0.786. The number of aryl methyl sites for hydroxylation is 1. The van der Waals surface area contributed by atoms with Crippen LogP contribution in [-0.4, -0.2) is 27.2 Å². The van der Waals surface area contributed by atoms with Crippen LogP contribution in [0.2, 0.25) is 0 Å². The predicted octanol–water partition coefficient (Wildman–Crippen LogP) is 2.73. The highest BCUT2D eigenvalue weighted by atomic mass is 32.1.